The van der Waals surface area contributed by atoms with Gasteiger partial charge in [0.25, 0.3) is 0 Å². The summed E-state index contributed by atoms with van der Waals surface area (Å²) < 4.78 is 5.69. The topological polar surface area (TPSA) is 83.8 Å². The van der Waals surface area contributed by atoms with Crippen LogP contribution in [0.15, 0.2) is 35.9 Å². The van der Waals surface area contributed by atoms with Crippen LogP contribution in [0, 0.1) is 28.6 Å². The van der Waals surface area contributed by atoms with Crippen molar-refractivity contribution >= 4 is 23.2 Å². The van der Waals surface area contributed by atoms with Gasteiger partial charge in [0.1, 0.15) is 18.0 Å². The number of Topliss-reactive ketones (excluding diaryl/α,β-unsaturated/α-hetero) is 1. The van der Waals surface area contributed by atoms with Crippen LogP contribution >= 0.6 is 11.6 Å². The second-order valence-electron chi connectivity index (χ2n) is 11.1. The number of aliphatic hydroxyl groups is 2. The van der Waals surface area contributed by atoms with Gasteiger partial charge in [-0.3, -0.25) is 9.59 Å². The van der Waals surface area contributed by atoms with Crippen molar-refractivity contribution in [2.24, 2.45) is 28.6 Å². The van der Waals surface area contributed by atoms with Crippen LogP contribution in [0.2, 0.25) is 5.02 Å². The first-order valence-electron chi connectivity index (χ1n) is 12.1. The predicted molar refractivity (Wildman–Crippen MR) is 125 cm³/mol. The van der Waals surface area contributed by atoms with Gasteiger partial charge in [-0.15, -0.1) is 0 Å². The first-order valence-corrected chi connectivity index (χ1v) is 12.5. The lowest BCUT2D eigenvalue weighted by Crippen LogP contribution is -2.62. The van der Waals surface area contributed by atoms with E-state index >= 15 is 0 Å². The van der Waals surface area contributed by atoms with Gasteiger partial charge in [-0.2, -0.15) is 0 Å². The molecule has 1 aromatic rings. The van der Waals surface area contributed by atoms with Crippen LogP contribution in [0.5, 0.6) is 5.75 Å². The molecule has 5 rings (SSSR count). The minimum atomic E-state index is -1.52. The maximum atomic E-state index is 13.3. The molecule has 0 aromatic heterocycles. The normalized spacial score (nSPS) is 42.1. The number of rotatable bonds is 4. The Morgan fingerprint density at radius 1 is 1.15 bits per heavy atom. The van der Waals surface area contributed by atoms with E-state index < -0.39 is 17.1 Å². The molecule has 1 aromatic carbocycles. The van der Waals surface area contributed by atoms with E-state index in [9.17, 15) is 19.8 Å². The van der Waals surface area contributed by atoms with Gasteiger partial charge < -0.3 is 14.9 Å². The van der Waals surface area contributed by atoms with Crippen LogP contribution in [0.3, 0.4) is 0 Å². The summed E-state index contributed by atoms with van der Waals surface area (Å²) >= 11 is 5.92. The van der Waals surface area contributed by atoms with Crippen LogP contribution in [-0.4, -0.2) is 40.1 Å². The van der Waals surface area contributed by atoms with Crippen LogP contribution in [0.4, 0.5) is 0 Å². The largest absolute Gasteiger partial charge is 0.486 e. The molecule has 5 nitrogen and oxygen atoms in total. The van der Waals surface area contributed by atoms with Crippen molar-refractivity contribution in [2.75, 3.05) is 6.61 Å². The summed E-state index contributed by atoms with van der Waals surface area (Å²) in [4.78, 5) is 25.4. The number of hydrogen-bond donors (Lipinski definition) is 2. The summed E-state index contributed by atoms with van der Waals surface area (Å²) in [6.45, 7) is 3.99. The average Bonchev–Trinajstić information content (AvgIpc) is 3.04. The highest BCUT2D eigenvalue weighted by atomic mass is 35.5. The summed E-state index contributed by atoms with van der Waals surface area (Å²) in [6, 6.07) is 6.81. The average molecular weight is 473 g/mol. The molecule has 3 saturated carbocycles. The molecule has 3 fully saturated rings. The smallest absolute Gasteiger partial charge is 0.202 e. The van der Waals surface area contributed by atoms with Gasteiger partial charge in [0.05, 0.1) is 6.10 Å². The van der Waals surface area contributed by atoms with E-state index in [1.165, 1.54) is 5.57 Å². The highest BCUT2D eigenvalue weighted by Crippen LogP contribution is 2.67. The second-order valence-corrected chi connectivity index (χ2v) is 11.6. The molecule has 0 radical (unpaired) electrons. The van der Waals surface area contributed by atoms with Crippen molar-refractivity contribution in [3.8, 4) is 5.75 Å². The number of fused-ring (bicyclic) bond motifs is 5. The molecule has 4 aliphatic rings. The maximum Gasteiger partial charge on any atom is 0.202 e. The minimum absolute atomic E-state index is 0.0615. The monoisotopic (exact) mass is 472 g/mol. The maximum absolute atomic E-state index is 13.3. The van der Waals surface area contributed by atoms with Crippen molar-refractivity contribution in [3.63, 3.8) is 0 Å². The molecule has 0 saturated heterocycles. The molecule has 0 bridgehead atoms. The fourth-order valence-electron chi connectivity index (χ4n) is 7.95. The van der Waals surface area contributed by atoms with Gasteiger partial charge in [0.2, 0.25) is 5.78 Å². The third-order valence-corrected chi connectivity index (χ3v) is 9.95. The van der Waals surface area contributed by atoms with Crippen LogP contribution in [0.25, 0.3) is 0 Å². The summed E-state index contributed by atoms with van der Waals surface area (Å²) in [5.74, 6) is 0.855. The Kier molecular flexibility index (Phi) is 5.54. The number of ether oxygens (including phenoxy) is 1. The molecular weight excluding hydrogens is 440 g/mol. The third kappa shape index (κ3) is 3.42. The Morgan fingerprint density at radius 2 is 1.88 bits per heavy atom. The van der Waals surface area contributed by atoms with Crippen LogP contribution < -0.4 is 4.74 Å². The summed E-state index contributed by atoms with van der Waals surface area (Å²) in [6.07, 6.45) is 5.80. The molecule has 2 N–H and O–H groups in total. The van der Waals surface area contributed by atoms with Gasteiger partial charge in [-0.05, 0) is 92.0 Å². The van der Waals surface area contributed by atoms with E-state index in [1.54, 1.807) is 24.3 Å². The zero-order chi connectivity index (χ0) is 23.6. The molecule has 0 spiro atoms. The highest BCUT2D eigenvalue weighted by molar-refractivity contribution is 6.30. The lowest BCUT2D eigenvalue weighted by molar-refractivity contribution is -0.181. The molecule has 0 heterocycles. The quantitative estimate of drug-likeness (QED) is 0.673. The predicted octanol–water partition coefficient (Wildman–Crippen LogP) is 4.52. The Balaban J connectivity index is 1.39. The van der Waals surface area contributed by atoms with E-state index in [-0.39, 0.29) is 41.3 Å². The molecule has 33 heavy (non-hydrogen) atoms. The van der Waals surface area contributed by atoms with E-state index in [4.69, 9.17) is 16.3 Å². The van der Waals surface area contributed by atoms with Gasteiger partial charge in [0.15, 0.2) is 5.78 Å². The van der Waals surface area contributed by atoms with E-state index in [2.05, 4.69) is 6.92 Å². The SMILES string of the molecule is CC12CCC(=O)C=C1CCC1C2C(O)CC2(C)C1CC[C@]2(O)C(=O)COc1ccc(Cl)cc1. The summed E-state index contributed by atoms with van der Waals surface area (Å²) in [5.41, 5.74) is -1.21. The highest BCUT2D eigenvalue weighted by Gasteiger charge is 2.68. The van der Waals surface area contributed by atoms with Crippen LogP contribution in [-0.2, 0) is 9.59 Å². The number of benzene rings is 1. The molecule has 0 amide bonds. The fourth-order valence-corrected chi connectivity index (χ4v) is 8.08. The molecule has 4 aliphatic carbocycles. The van der Waals surface area contributed by atoms with Crippen LogP contribution in [0.1, 0.15) is 58.8 Å². The summed E-state index contributed by atoms with van der Waals surface area (Å²) in [7, 11) is 0. The van der Waals surface area contributed by atoms with Gasteiger partial charge in [-0.1, -0.05) is 31.0 Å². The molecule has 7 atom stereocenters. The van der Waals surface area contributed by atoms with Crippen molar-refractivity contribution in [1.82, 2.24) is 0 Å². The Hall–Kier alpha value is -1.69. The van der Waals surface area contributed by atoms with Gasteiger partial charge in [-0.25, -0.2) is 0 Å². The zero-order valence-electron chi connectivity index (χ0n) is 19.4. The number of halogens is 1. The molecular formula is C27H33ClO5. The number of aliphatic hydroxyl groups excluding tert-OH is 1. The number of hydrogen-bond acceptors (Lipinski definition) is 5. The zero-order valence-corrected chi connectivity index (χ0v) is 20.1. The molecule has 6 heteroatoms. The standard InChI is InChI=1S/C27H33ClO5/c1-25-11-9-18(29)13-16(25)3-8-20-21-10-12-27(32,26(21,2)14-22(30)24(20)25)23(31)15-33-19-6-4-17(28)5-7-19/h4-7,13,20-22,24,30,32H,3,8-12,14-15H2,1-2H3/t20?,21?,22?,24?,25?,26?,27-/m0/s1. The Labute approximate surface area is 200 Å². The number of ketones is 2. The lowest BCUT2D eigenvalue weighted by atomic mass is 9.45. The lowest BCUT2D eigenvalue weighted by Gasteiger charge is -2.60. The van der Waals surface area contributed by atoms with Gasteiger partial charge >= 0.3 is 0 Å². The van der Waals surface area contributed by atoms with Crippen molar-refractivity contribution < 1.29 is 24.5 Å². The van der Waals surface area contributed by atoms with Crippen molar-refractivity contribution in [1.29, 1.82) is 0 Å². The molecule has 0 aliphatic heterocycles. The second kappa shape index (κ2) is 7.93. The first kappa shape index (κ1) is 23.1. The van der Waals surface area contributed by atoms with E-state index in [0.717, 1.165) is 25.7 Å². The van der Waals surface area contributed by atoms with Gasteiger partial charge in [0, 0.05) is 16.9 Å². The summed E-state index contributed by atoms with van der Waals surface area (Å²) in [5, 5.41) is 23.8. The number of carbonyl (C=O) groups excluding carboxylic acids is 2. The molecule has 178 valence electrons. The number of carbonyl (C=O) groups is 2. The Bertz CT molecular complexity index is 1000. The van der Waals surface area contributed by atoms with Crippen molar-refractivity contribution in [2.45, 2.75) is 70.5 Å². The molecule has 6 unspecified atom stereocenters. The van der Waals surface area contributed by atoms with E-state index in [1.807, 2.05) is 13.0 Å². The minimum Gasteiger partial charge on any atom is -0.486 e. The first-order chi connectivity index (χ1) is 15.6. The van der Waals surface area contributed by atoms with Crippen molar-refractivity contribution in [3.05, 3.63) is 40.9 Å². The number of allylic oxidation sites excluding steroid dienone is 1. The fraction of sp³-hybridized carbons (Fsp3) is 0.630. The third-order valence-electron chi connectivity index (χ3n) is 9.69. The van der Waals surface area contributed by atoms with E-state index in [0.29, 0.717) is 30.0 Å². The Morgan fingerprint density at radius 3 is 2.61 bits per heavy atom.